The summed E-state index contributed by atoms with van der Waals surface area (Å²) in [5, 5.41) is 15.3. The Morgan fingerprint density at radius 2 is 2.03 bits per heavy atom. The lowest BCUT2D eigenvalue weighted by atomic mass is 9.94. The van der Waals surface area contributed by atoms with Gasteiger partial charge in [0.1, 0.15) is 5.69 Å². The van der Waals surface area contributed by atoms with Crippen molar-refractivity contribution in [3.8, 4) is 0 Å². The monoisotopic (exact) mass is 534 g/mol. The number of aryl methyl sites for hydroxylation is 1. The fourth-order valence-corrected chi connectivity index (χ4v) is 5.18. The zero-order valence-corrected chi connectivity index (χ0v) is 20.9. The second-order valence-corrected chi connectivity index (χ2v) is 10.6. The standard InChI is InChI=1S/C20H25F3N6O4S2/c1-4-8-33-18(30)17-25-27-19(34-17)26-24-14-9-12-6-7-13(5-2)29(3)16(12)10-15(14)28-35(31,32)11-20(21,22)23/h9-10,13,28H,4-8,11H2,1-3H3. The molecule has 2 heterocycles. The molecule has 1 N–H and O–H groups in total. The van der Waals surface area contributed by atoms with Crippen LogP contribution in [-0.4, -0.2) is 56.2 Å². The minimum absolute atomic E-state index is 0.00145. The number of benzene rings is 1. The molecule has 3 rings (SSSR count). The van der Waals surface area contributed by atoms with Gasteiger partial charge in [0.15, 0.2) is 5.75 Å². The smallest absolute Gasteiger partial charge is 0.404 e. The van der Waals surface area contributed by atoms with Gasteiger partial charge >= 0.3 is 12.1 Å². The van der Waals surface area contributed by atoms with Crippen LogP contribution in [0.1, 0.15) is 48.5 Å². The number of alkyl halides is 3. The van der Waals surface area contributed by atoms with E-state index in [4.69, 9.17) is 4.74 Å². The molecule has 35 heavy (non-hydrogen) atoms. The molecule has 1 aromatic carbocycles. The molecular weight excluding hydrogens is 509 g/mol. The van der Waals surface area contributed by atoms with Gasteiger partial charge in [0.05, 0.1) is 12.3 Å². The van der Waals surface area contributed by atoms with Gasteiger partial charge in [-0.2, -0.15) is 13.2 Å². The summed E-state index contributed by atoms with van der Waals surface area (Å²) in [6.45, 7) is 4.08. The second kappa shape index (κ2) is 10.8. The summed E-state index contributed by atoms with van der Waals surface area (Å²) in [5.41, 5.74) is 1.42. The van der Waals surface area contributed by atoms with E-state index in [1.54, 1.807) is 6.07 Å². The van der Waals surface area contributed by atoms with Crippen molar-refractivity contribution in [3.05, 3.63) is 22.7 Å². The summed E-state index contributed by atoms with van der Waals surface area (Å²) in [4.78, 5) is 13.9. The molecule has 1 aliphatic heterocycles. The summed E-state index contributed by atoms with van der Waals surface area (Å²) in [6.07, 6.45) is -1.89. The summed E-state index contributed by atoms with van der Waals surface area (Å²) in [6, 6.07) is 3.26. The van der Waals surface area contributed by atoms with Crippen LogP contribution >= 0.6 is 11.3 Å². The molecule has 0 bridgehead atoms. The number of anilines is 2. The van der Waals surface area contributed by atoms with E-state index in [0.29, 0.717) is 18.5 Å². The van der Waals surface area contributed by atoms with Crippen molar-refractivity contribution in [2.45, 2.75) is 51.7 Å². The highest BCUT2D eigenvalue weighted by Gasteiger charge is 2.36. The maximum absolute atomic E-state index is 12.8. The molecule has 0 radical (unpaired) electrons. The number of nitrogens with zero attached hydrogens (tertiary/aromatic N) is 5. The van der Waals surface area contributed by atoms with Gasteiger partial charge < -0.3 is 9.64 Å². The number of hydrogen-bond acceptors (Lipinski definition) is 10. The third-order valence-corrected chi connectivity index (χ3v) is 7.26. The summed E-state index contributed by atoms with van der Waals surface area (Å²) >= 11 is 0.817. The molecular formula is C20H25F3N6O4S2. The fourth-order valence-electron chi connectivity index (χ4n) is 3.61. The van der Waals surface area contributed by atoms with E-state index >= 15 is 0 Å². The van der Waals surface area contributed by atoms with Gasteiger partial charge in [0.2, 0.25) is 15.0 Å². The lowest BCUT2D eigenvalue weighted by molar-refractivity contribution is -0.106. The van der Waals surface area contributed by atoms with Crippen LogP contribution in [0.25, 0.3) is 0 Å². The molecule has 0 saturated heterocycles. The molecule has 15 heteroatoms. The van der Waals surface area contributed by atoms with Gasteiger partial charge in [0, 0.05) is 18.8 Å². The molecule has 1 aliphatic rings. The maximum Gasteiger partial charge on any atom is 0.404 e. The van der Waals surface area contributed by atoms with Crippen LogP contribution in [0.4, 0.5) is 35.4 Å². The number of aromatic nitrogens is 2. The highest BCUT2D eigenvalue weighted by atomic mass is 32.2. The SMILES string of the molecule is CCCOC(=O)c1nnc(N=Nc2cc3c(cc2NS(=O)(=O)CC(F)(F)F)N(C)C(CC)CC3)s1. The molecule has 192 valence electrons. The lowest BCUT2D eigenvalue weighted by Gasteiger charge is -2.36. The van der Waals surface area contributed by atoms with Crippen LogP contribution < -0.4 is 9.62 Å². The zero-order chi connectivity index (χ0) is 25.8. The number of hydrogen-bond donors (Lipinski definition) is 1. The van der Waals surface area contributed by atoms with E-state index in [-0.39, 0.29) is 34.2 Å². The van der Waals surface area contributed by atoms with E-state index < -0.39 is 27.9 Å². The van der Waals surface area contributed by atoms with Crippen LogP contribution in [0.15, 0.2) is 22.4 Å². The van der Waals surface area contributed by atoms with Crippen molar-refractivity contribution in [2.75, 3.05) is 29.0 Å². The third kappa shape index (κ3) is 7.10. The summed E-state index contributed by atoms with van der Waals surface area (Å²) in [5.74, 6) is -2.70. The minimum Gasteiger partial charge on any atom is -0.460 e. The topological polar surface area (TPSA) is 126 Å². The Balaban J connectivity index is 1.95. The first-order chi connectivity index (χ1) is 16.4. The molecule has 0 amide bonds. The number of carbonyl (C=O) groups excluding carboxylic acids is 1. The van der Waals surface area contributed by atoms with Crippen LogP contribution in [0.3, 0.4) is 0 Å². The van der Waals surface area contributed by atoms with Crippen molar-refractivity contribution >= 4 is 49.5 Å². The van der Waals surface area contributed by atoms with Crippen molar-refractivity contribution in [1.82, 2.24) is 10.2 Å². The number of carbonyl (C=O) groups is 1. The number of esters is 1. The zero-order valence-electron chi connectivity index (χ0n) is 19.3. The Bertz CT molecular complexity index is 1200. The molecule has 0 aliphatic carbocycles. The molecule has 1 aromatic heterocycles. The largest absolute Gasteiger partial charge is 0.460 e. The normalized spacial score (nSPS) is 16.4. The number of halogens is 3. The Kier molecular flexibility index (Phi) is 8.30. The molecule has 0 spiro atoms. The first-order valence-corrected chi connectivity index (χ1v) is 13.3. The maximum atomic E-state index is 12.8. The number of nitrogens with one attached hydrogen (secondary N) is 1. The van der Waals surface area contributed by atoms with Gasteiger partial charge in [-0.05, 0) is 43.4 Å². The van der Waals surface area contributed by atoms with Crippen LogP contribution in [0.5, 0.6) is 0 Å². The Hall–Kier alpha value is -2.81. The second-order valence-electron chi connectivity index (χ2n) is 7.91. The van der Waals surface area contributed by atoms with E-state index in [2.05, 4.69) is 20.4 Å². The van der Waals surface area contributed by atoms with Crippen molar-refractivity contribution in [3.63, 3.8) is 0 Å². The highest BCUT2D eigenvalue weighted by Crippen LogP contribution is 2.40. The van der Waals surface area contributed by atoms with Gasteiger partial charge in [-0.3, -0.25) is 4.72 Å². The molecule has 0 saturated carbocycles. The number of sulfonamides is 1. The molecule has 2 aromatic rings. The highest BCUT2D eigenvalue weighted by molar-refractivity contribution is 7.92. The van der Waals surface area contributed by atoms with Crippen molar-refractivity contribution in [2.24, 2.45) is 10.2 Å². The summed E-state index contributed by atoms with van der Waals surface area (Å²) in [7, 11) is -2.91. The predicted molar refractivity (Wildman–Crippen MR) is 125 cm³/mol. The molecule has 1 atom stereocenters. The molecule has 1 unspecified atom stereocenters. The van der Waals surface area contributed by atoms with E-state index in [1.165, 1.54) is 6.07 Å². The van der Waals surface area contributed by atoms with E-state index in [1.807, 2.05) is 30.5 Å². The van der Waals surface area contributed by atoms with Crippen LogP contribution in [0, 0.1) is 0 Å². The minimum atomic E-state index is -4.92. The van der Waals surface area contributed by atoms with E-state index in [9.17, 15) is 26.4 Å². The van der Waals surface area contributed by atoms with Crippen LogP contribution in [0.2, 0.25) is 0 Å². The Labute approximate surface area is 204 Å². The number of ether oxygens (including phenoxy) is 1. The average Bonchev–Trinajstić information content (AvgIpc) is 3.24. The first-order valence-electron chi connectivity index (χ1n) is 10.8. The van der Waals surface area contributed by atoms with Crippen LogP contribution in [-0.2, 0) is 21.2 Å². The Morgan fingerprint density at radius 1 is 1.29 bits per heavy atom. The number of rotatable bonds is 9. The van der Waals surface area contributed by atoms with Gasteiger partial charge in [0.25, 0.3) is 5.13 Å². The predicted octanol–water partition coefficient (Wildman–Crippen LogP) is 4.99. The van der Waals surface area contributed by atoms with Gasteiger partial charge in [-0.25, -0.2) is 13.2 Å². The quantitative estimate of drug-likeness (QED) is 0.355. The first kappa shape index (κ1) is 26.8. The third-order valence-electron chi connectivity index (χ3n) is 5.23. The fraction of sp³-hybridized carbons (Fsp3) is 0.550. The average molecular weight is 535 g/mol. The number of fused-ring (bicyclic) bond motifs is 1. The Morgan fingerprint density at radius 3 is 2.69 bits per heavy atom. The molecule has 0 fully saturated rings. The van der Waals surface area contributed by atoms with Crippen molar-refractivity contribution in [1.29, 1.82) is 0 Å². The van der Waals surface area contributed by atoms with Gasteiger partial charge in [-0.1, -0.05) is 25.2 Å². The van der Waals surface area contributed by atoms with Crippen molar-refractivity contribution < 1.29 is 31.1 Å². The lowest BCUT2D eigenvalue weighted by Crippen LogP contribution is -2.35. The molecule has 10 nitrogen and oxygen atoms in total. The van der Waals surface area contributed by atoms with Gasteiger partial charge in [-0.15, -0.1) is 20.4 Å². The van der Waals surface area contributed by atoms with E-state index in [0.717, 1.165) is 29.7 Å². The summed E-state index contributed by atoms with van der Waals surface area (Å²) < 4.78 is 69.7. The number of azo groups is 1.